The van der Waals surface area contributed by atoms with Gasteiger partial charge < -0.3 is 10.3 Å². The fraction of sp³-hybridized carbons (Fsp3) is 0.471. The van der Waals surface area contributed by atoms with Crippen LogP contribution in [0.25, 0.3) is 10.9 Å². The van der Waals surface area contributed by atoms with Crippen LogP contribution in [0.3, 0.4) is 0 Å². The summed E-state index contributed by atoms with van der Waals surface area (Å²) in [7, 11) is 0. The summed E-state index contributed by atoms with van der Waals surface area (Å²) in [6.07, 6.45) is 5.50. The Hall–Kier alpha value is -1.77. The predicted octanol–water partition coefficient (Wildman–Crippen LogP) is 3.33. The van der Waals surface area contributed by atoms with Gasteiger partial charge in [-0.15, -0.1) is 0 Å². The zero-order valence-corrected chi connectivity index (χ0v) is 11.6. The number of aromatic amines is 1. The highest BCUT2D eigenvalue weighted by atomic mass is 16.1. The Labute approximate surface area is 118 Å². The molecule has 0 spiro atoms. The van der Waals surface area contributed by atoms with Crippen LogP contribution in [-0.2, 0) is 0 Å². The van der Waals surface area contributed by atoms with E-state index in [9.17, 15) is 4.79 Å². The Bertz CT molecular complexity index is 612. The lowest BCUT2D eigenvalue weighted by Crippen LogP contribution is -2.31. The number of nitrogens with one attached hydrogen (secondary N) is 2. The Morgan fingerprint density at radius 2 is 2.15 bits per heavy atom. The molecular formula is C17H20N2O. The number of carbonyl (C=O) groups is 1. The zero-order chi connectivity index (χ0) is 13.5. The van der Waals surface area contributed by atoms with Crippen molar-refractivity contribution in [2.24, 2.45) is 17.8 Å². The summed E-state index contributed by atoms with van der Waals surface area (Å²) in [6.45, 7) is 0.843. The van der Waals surface area contributed by atoms with Crippen LogP contribution in [0.2, 0.25) is 0 Å². The van der Waals surface area contributed by atoms with Crippen LogP contribution in [0.1, 0.15) is 36.2 Å². The van der Waals surface area contributed by atoms with Crippen molar-refractivity contribution < 1.29 is 4.79 Å². The molecule has 0 radical (unpaired) electrons. The molecule has 2 aliphatic carbocycles. The van der Waals surface area contributed by atoms with Crippen molar-refractivity contribution in [3.63, 3.8) is 0 Å². The van der Waals surface area contributed by atoms with E-state index in [-0.39, 0.29) is 5.91 Å². The number of carbonyl (C=O) groups excluding carboxylic acids is 1. The summed E-state index contributed by atoms with van der Waals surface area (Å²) in [5.41, 5.74) is 1.70. The van der Waals surface area contributed by atoms with Gasteiger partial charge in [-0.25, -0.2) is 0 Å². The molecule has 2 aromatic rings. The summed E-state index contributed by atoms with van der Waals surface area (Å²) in [6, 6.07) is 9.94. The van der Waals surface area contributed by atoms with E-state index in [1.54, 1.807) is 0 Å². The van der Waals surface area contributed by atoms with Crippen LogP contribution < -0.4 is 5.32 Å². The number of para-hydroxylation sites is 1. The van der Waals surface area contributed by atoms with Gasteiger partial charge in [0.2, 0.25) is 0 Å². The van der Waals surface area contributed by atoms with E-state index in [1.807, 2.05) is 30.3 Å². The van der Waals surface area contributed by atoms with Crippen LogP contribution in [0, 0.1) is 17.8 Å². The van der Waals surface area contributed by atoms with Crippen LogP contribution >= 0.6 is 0 Å². The molecule has 3 atom stereocenters. The maximum atomic E-state index is 12.2. The standard InChI is InChI=1S/C17H20N2O/c20-17(16-9-13-3-1-2-4-15(13)19-16)18-10-14-8-11-5-6-12(14)7-11/h1-4,9,11-12,14,19H,5-8,10H2,(H,18,20). The summed E-state index contributed by atoms with van der Waals surface area (Å²) in [4.78, 5) is 15.4. The van der Waals surface area contributed by atoms with Crippen molar-refractivity contribution in [3.05, 3.63) is 36.0 Å². The molecule has 1 heterocycles. The summed E-state index contributed by atoms with van der Waals surface area (Å²) in [5.74, 6) is 2.55. The third-order valence-electron chi connectivity index (χ3n) is 5.18. The fourth-order valence-corrected chi connectivity index (χ4v) is 4.14. The van der Waals surface area contributed by atoms with Crippen molar-refractivity contribution >= 4 is 16.8 Å². The monoisotopic (exact) mass is 268 g/mol. The van der Waals surface area contributed by atoms with Gasteiger partial charge in [-0.2, -0.15) is 0 Å². The highest BCUT2D eigenvalue weighted by molar-refractivity contribution is 5.97. The Morgan fingerprint density at radius 3 is 2.90 bits per heavy atom. The normalized spacial score (nSPS) is 28.1. The van der Waals surface area contributed by atoms with Gasteiger partial charge in [-0.1, -0.05) is 24.6 Å². The first-order chi connectivity index (χ1) is 9.79. The number of amides is 1. The maximum Gasteiger partial charge on any atom is 0.267 e. The van der Waals surface area contributed by atoms with Gasteiger partial charge in [0.25, 0.3) is 5.91 Å². The first-order valence-electron chi connectivity index (χ1n) is 7.65. The van der Waals surface area contributed by atoms with E-state index < -0.39 is 0 Å². The molecule has 2 aliphatic rings. The van der Waals surface area contributed by atoms with Crippen molar-refractivity contribution in [1.29, 1.82) is 0 Å². The third-order valence-corrected chi connectivity index (χ3v) is 5.18. The lowest BCUT2D eigenvalue weighted by atomic mass is 9.89. The molecule has 1 aromatic carbocycles. The van der Waals surface area contributed by atoms with Gasteiger partial charge in [-0.3, -0.25) is 4.79 Å². The summed E-state index contributed by atoms with van der Waals surface area (Å²) < 4.78 is 0. The second kappa shape index (κ2) is 4.65. The zero-order valence-electron chi connectivity index (χ0n) is 11.6. The summed E-state index contributed by atoms with van der Waals surface area (Å²) in [5, 5.41) is 4.21. The molecule has 1 amide bonds. The molecule has 104 valence electrons. The number of hydrogen-bond donors (Lipinski definition) is 2. The second-order valence-corrected chi connectivity index (χ2v) is 6.42. The average Bonchev–Trinajstić information content (AvgIpc) is 3.18. The number of hydrogen-bond acceptors (Lipinski definition) is 1. The van der Waals surface area contributed by atoms with E-state index in [1.165, 1.54) is 25.7 Å². The molecule has 0 saturated heterocycles. The Morgan fingerprint density at radius 1 is 1.25 bits per heavy atom. The van der Waals surface area contributed by atoms with E-state index >= 15 is 0 Å². The van der Waals surface area contributed by atoms with Crippen molar-refractivity contribution in [2.45, 2.75) is 25.7 Å². The average molecular weight is 268 g/mol. The highest BCUT2D eigenvalue weighted by Gasteiger charge is 2.39. The Kier molecular flexibility index (Phi) is 2.79. The topological polar surface area (TPSA) is 44.9 Å². The molecule has 3 nitrogen and oxygen atoms in total. The van der Waals surface area contributed by atoms with Gasteiger partial charge in [0.15, 0.2) is 0 Å². The van der Waals surface area contributed by atoms with Crippen molar-refractivity contribution in [1.82, 2.24) is 10.3 Å². The van der Waals surface area contributed by atoms with E-state index in [0.717, 1.165) is 29.3 Å². The van der Waals surface area contributed by atoms with Gasteiger partial charge in [-0.05, 0) is 49.1 Å². The highest BCUT2D eigenvalue weighted by Crippen LogP contribution is 2.47. The first-order valence-corrected chi connectivity index (χ1v) is 7.65. The Balaban J connectivity index is 1.42. The minimum absolute atomic E-state index is 0.0315. The smallest absolute Gasteiger partial charge is 0.267 e. The minimum atomic E-state index is 0.0315. The van der Waals surface area contributed by atoms with Crippen molar-refractivity contribution in [2.75, 3.05) is 6.54 Å². The van der Waals surface area contributed by atoms with Crippen molar-refractivity contribution in [3.8, 4) is 0 Å². The summed E-state index contributed by atoms with van der Waals surface area (Å²) >= 11 is 0. The van der Waals surface area contributed by atoms with E-state index in [4.69, 9.17) is 0 Å². The van der Waals surface area contributed by atoms with Gasteiger partial charge >= 0.3 is 0 Å². The van der Waals surface area contributed by atoms with Gasteiger partial charge in [0, 0.05) is 17.4 Å². The van der Waals surface area contributed by atoms with Crippen LogP contribution in [-0.4, -0.2) is 17.4 Å². The number of rotatable bonds is 3. The lowest BCUT2D eigenvalue weighted by Gasteiger charge is -2.21. The molecular weight excluding hydrogens is 248 g/mol. The molecule has 3 unspecified atom stereocenters. The number of aromatic nitrogens is 1. The molecule has 0 aliphatic heterocycles. The number of H-pyrrole nitrogens is 1. The van der Waals surface area contributed by atoms with E-state index in [0.29, 0.717) is 11.6 Å². The SMILES string of the molecule is O=C(NCC1CC2CCC1C2)c1cc2ccccc2[nH]1. The van der Waals surface area contributed by atoms with Crippen LogP contribution in [0.15, 0.2) is 30.3 Å². The number of fused-ring (bicyclic) bond motifs is 3. The van der Waals surface area contributed by atoms with Crippen LogP contribution in [0.4, 0.5) is 0 Å². The fourth-order valence-electron chi connectivity index (χ4n) is 4.14. The predicted molar refractivity (Wildman–Crippen MR) is 79.6 cm³/mol. The van der Waals surface area contributed by atoms with Gasteiger partial charge in [0.1, 0.15) is 5.69 Å². The minimum Gasteiger partial charge on any atom is -0.351 e. The third kappa shape index (κ3) is 2.01. The molecule has 4 rings (SSSR count). The first kappa shape index (κ1) is 12.0. The second-order valence-electron chi connectivity index (χ2n) is 6.42. The molecule has 2 saturated carbocycles. The molecule has 20 heavy (non-hydrogen) atoms. The lowest BCUT2D eigenvalue weighted by molar-refractivity contribution is 0.0937. The largest absolute Gasteiger partial charge is 0.351 e. The molecule has 2 fully saturated rings. The molecule has 2 bridgehead atoms. The number of benzene rings is 1. The van der Waals surface area contributed by atoms with E-state index in [2.05, 4.69) is 10.3 Å². The molecule has 3 heteroatoms. The maximum absolute atomic E-state index is 12.2. The molecule has 2 N–H and O–H groups in total. The quantitative estimate of drug-likeness (QED) is 0.881. The molecule has 1 aromatic heterocycles. The van der Waals surface area contributed by atoms with Crippen LogP contribution in [0.5, 0.6) is 0 Å². The van der Waals surface area contributed by atoms with Gasteiger partial charge in [0.05, 0.1) is 0 Å².